The Morgan fingerprint density at radius 2 is 1.90 bits per heavy atom. The van der Waals surface area contributed by atoms with E-state index in [-0.39, 0.29) is 0 Å². The maximum atomic E-state index is 6.18. The van der Waals surface area contributed by atoms with Crippen LogP contribution >= 0.6 is 11.6 Å². The summed E-state index contributed by atoms with van der Waals surface area (Å²) in [4.78, 5) is 2.33. The predicted octanol–water partition coefficient (Wildman–Crippen LogP) is 4.41. The summed E-state index contributed by atoms with van der Waals surface area (Å²) in [5, 5.41) is 0.868. The van der Waals surface area contributed by atoms with Crippen LogP contribution in [0.5, 0.6) is 5.75 Å². The lowest BCUT2D eigenvalue weighted by Gasteiger charge is -2.17. The highest BCUT2D eigenvalue weighted by Gasteiger charge is 2.03. The summed E-state index contributed by atoms with van der Waals surface area (Å²) in [5.41, 5.74) is 2.50. The van der Waals surface area contributed by atoms with Gasteiger partial charge in [-0.15, -0.1) is 0 Å². The van der Waals surface area contributed by atoms with Crippen LogP contribution in [0.1, 0.15) is 17.5 Å². The van der Waals surface area contributed by atoms with Crippen LogP contribution in [0, 0.1) is 0 Å². The lowest BCUT2D eigenvalue weighted by molar-refractivity contribution is 0.321. The summed E-state index contributed by atoms with van der Waals surface area (Å²) in [6, 6.07) is 16.3. The highest BCUT2D eigenvalue weighted by atomic mass is 35.5. The first-order chi connectivity index (χ1) is 10.2. The highest BCUT2D eigenvalue weighted by molar-refractivity contribution is 6.31. The average molecular weight is 304 g/mol. The first-order valence-corrected chi connectivity index (χ1v) is 7.61. The molecular weight excluding hydrogens is 282 g/mol. The summed E-state index contributed by atoms with van der Waals surface area (Å²) in [7, 11) is 3.85. The molecule has 21 heavy (non-hydrogen) atoms. The summed E-state index contributed by atoms with van der Waals surface area (Å²) in [6.45, 7) is 1.97. The summed E-state index contributed by atoms with van der Waals surface area (Å²) in [5.74, 6) is 0.914. The third kappa shape index (κ3) is 5.07. The molecular formula is C18H22ClNO. The van der Waals surface area contributed by atoms with Crippen molar-refractivity contribution < 1.29 is 4.74 Å². The lowest BCUT2D eigenvalue weighted by atomic mass is 10.1. The van der Waals surface area contributed by atoms with E-state index >= 15 is 0 Å². The van der Waals surface area contributed by atoms with Crippen LogP contribution in [0.25, 0.3) is 0 Å². The number of halogens is 1. The average Bonchev–Trinajstić information content (AvgIpc) is 2.49. The van der Waals surface area contributed by atoms with E-state index in [1.165, 1.54) is 11.1 Å². The van der Waals surface area contributed by atoms with Gasteiger partial charge >= 0.3 is 0 Å². The molecule has 0 aromatic heterocycles. The molecule has 0 N–H and O–H groups in total. The van der Waals surface area contributed by atoms with Crippen LogP contribution in [0.15, 0.2) is 48.5 Å². The zero-order chi connectivity index (χ0) is 15.1. The Hall–Kier alpha value is -1.51. The van der Waals surface area contributed by atoms with Gasteiger partial charge in [0, 0.05) is 11.6 Å². The molecule has 0 aliphatic rings. The molecule has 0 saturated heterocycles. The molecule has 2 rings (SSSR count). The first-order valence-electron chi connectivity index (χ1n) is 7.24. The van der Waals surface area contributed by atoms with E-state index in [1.54, 1.807) is 7.11 Å². The molecule has 0 spiro atoms. The minimum absolute atomic E-state index is 0.868. The number of rotatable bonds is 7. The lowest BCUT2D eigenvalue weighted by Crippen LogP contribution is -2.19. The standard InChI is InChI=1S/C18H22ClNO/c1-20(14-15-7-5-10-17(13-15)21-2)12-6-9-16-8-3-4-11-18(16)19/h3-5,7-8,10-11,13H,6,9,12,14H2,1-2H3. The Balaban J connectivity index is 1.79. The van der Waals surface area contributed by atoms with E-state index in [0.29, 0.717) is 0 Å². The van der Waals surface area contributed by atoms with Gasteiger partial charge in [0.15, 0.2) is 0 Å². The van der Waals surface area contributed by atoms with Crippen LogP contribution in [0.2, 0.25) is 5.02 Å². The molecule has 0 aliphatic heterocycles. The number of hydrogen-bond donors (Lipinski definition) is 0. The fourth-order valence-electron chi connectivity index (χ4n) is 2.40. The normalized spacial score (nSPS) is 10.9. The summed E-state index contributed by atoms with van der Waals surface area (Å²) < 4.78 is 5.26. The molecule has 0 aliphatic carbocycles. The van der Waals surface area contributed by atoms with Crippen molar-refractivity contribution in [2.24, 2.45) is 0 Å². The molecule has 0 heterocycles. The van der Waals surface area contributed by atoms with Crippen molar-refractivity contribution in [1.29, 1.82) is 0 Å². The fraction of sp³-hybridized carbons (Fsp3) is 0.333. The quantitative estimate of drug-likeness (QED) is 0.751. The topological polar surface area (TPSA) is 12.5 Å². The van der Waals surface area contributed by atoms with Gasteiger partial charge in [-0.05, 0) is 55.8 Å². The molecule has 0 amide bonds. The number of benzene rings is 2. The van der Waals surface area contributed by atoms with Crippen molar-refractivity contribution >= 4 is 11.6 Å². The van der Waals surface area contributed by atoms with Crippen molar-refractivity contribution in [2.75, 3.05) is 20.7 Å². The van der Waals surface area contributed by atoms with Gasteiger partial charge < -0.3 is 9.64 Å². The molecule has 0 unspecified atom stereocenters. The molecule has 2 nitrogen and oxygen atoms in total. The van der Waals surface area contributed by atoms with Gasteiger partial charge in [0.2, 0.25) is 0 Å². The van der Waals surface area contributed by atoms with Crippen molar-refractivity contribution in [2.45, 2.75) is 19.4 Å². The SMILES string of the molecule is COc1cccc(CN(C)CCCc2ccccc2Cl)c1. The smallest absolute Gasteiger partial charge is 0.119 e. The van der Waals surface area contributed by atoms with Crippen molar-refractivity contribution in [3.05, 3.63) is 64.7 Å². The summed E-state index contributed by atoms with van der Waals surface area (Å²) >= 11 is 6.18. The molecule has 0 atom stereocenters. The third-order valence-corrected chi connectivity index (χ3v) is 3.90. The minimum Gasteiger partial charge on any atom is -0.497 e. The molecule has 0 radical (unpaired) electrons. The number of nitrogens with zero attached hydrogens (tertiary/aromatic N) is 1. The van der Waals surface area contributed by atoms with Crippen molar-refractivity contribution in [3.63, 3.8) is 0 Å². The van der Waals surface area contributed by atoms with E-state index in [4.69, 9.17) is 16.3 Å². The fourth-order valence-corrected chi connectivity index (χ4v) is 2.63. The zero-order valence-electron chi connectivity index (χ0n) is 12.7. The predicted molar refractivity (Wildman–Crippen MR) is 89.1 cm³/mol. The number of aryl methyl sites for hydroxylation is 1. The van der Waals surface area contributed by atoms with Crippen LogP contribution < -0.4 is 4.74 Å². The maximum absolute atomic E-state index is 6.18. The van der Waals surface area contributed by atoms with E-state index in [0.717, 1.165) is 36.7 Å². The van der Waals surface area contributed by atoms with Gasteiger partial charge in [-0.25, -0.2) is 0 Å². The van der Waals surface area contributed by atoms with Gasteiger partial charge in [-0.2, -0.15) is 0 Å². The number of methoxy groups -OCH3 is 1. The molecule has 112 valence electrons. The Kier molecular flexibility index (Phi) is 6.09. The zero-order valence-corrected chi connectivity index (χ0v) is 13.4. The van der Waals surface area contributed by atoms with E-state index in [1.807, 2.05) is 30.3 Å². The largest absolute Gasteiger partial charge is 0.497 e. The van der Waals surface area contributed by atoms with E-state index < -0.39 is 0 Å². The van der Waals surface area contributed by atoms with Crippen LogP contribution in [-0.2, 0) is 13.0 Å². The molecule has 3 heteroatoms. The first kappa shape index (κ1) is 15.9. The molecule has 2 aromatic carbocycles. The van der Waals surface area contributed by atoms with Gasteiger partial charge in [0.25, 0.3) is 0 Å². The van der Waals surface area contributed by atoms with Crippen molar-refractivity contribution in [3.8, 4) is 5.75 Å². The van der Waals surface area contributed by atoms with Gasteiger partial charge in [-0.1, -0.05) is 41.9 Å². The van der Waals surface area contributed by atoms with Crippen molar-refractivity contribution in [1.82, 2.24) is 4.90 Å². The highest BCUT2D eigenvalue weighted by Crippen LogP contribution is 2.17. The summed E-state index contributed by atoms with van der Waals surface area (Å²) in [6.07, 6.45) is 2.12. The maximum Gasteiger partial charge on any atom is 0.119 e. The van der Waals surface area contributed by atoms with E-state index in [9.17, 15) is 0 Å². The van der Waals surface area contributed by atoms with Gasteiger partial charge in [-0.3, -0.25) is 0 Å². The Morgan fingerprint density at radius 1 is 1.10 bits per heavy atom. The number of hydrogen-bond acceptors (Lipinski definition) is 2. The second kappa shape index (κ2) is 8.06. The van der Waals surface area contributed by atoms with E-state index in [2.05, 4.69) is 30.1 Å². The minimum atomic E-state index is 0.868. The second-order valence-electron chi connectivity index (χ2n) is 5.28. The second-order valence-corrected chi connectivity index (χ2v) is 5.69. The Bertz CT molecular complexity index is 571. The molecule has 0 bridgehead atoms. The Labute approximate surface area is 132 Å². The monoisotopic (exact) mass is 303 g/mol. The van der Waals surface area contributed by atoms with Crippen LogP contribution in [0.3, 0.4) is 0 Å². The van der Waals surface area contributed by atoms with Gasteiger partial charge in [0.05, 0.1) is 7.11 Å². The van der Waals surface area contributed by atoms with Crippen LogP contribution in [-0.4, -0.2) is 25.6 Å². The number of ether oxygens (including phenoxy) is 1. The molecule has 2 aromatic rings. The molecule has 0 saturated carbocycles. The third-order valence-electron chi connectivity index (χ3n) is 3.53. The van der Waals surface area contributed by atoms with Crippen LogP contribution in [0.4, 0.5) is 0 Å². The molecule has 0 fully saturated rings. The Morgan fingerprint density at radius 3 is 2.67 bits per heavy atom. The van der Waals surface area contributed by atoms with Gasteiger partial charge in [0.1, 0.15) is 5.75 Å².